The Hall–Kier alpha value is -1.97. The van der Waals surface area contributed by atoms with Crippen molar-refractivity contribution >= 4 is 0 Å². The van der Waals surface area contributed by atoms with Gasteiger partial charge in [-0.05, 0) is 24.1 Å². The molecule has 0 saturated heterocycles. The molecule has 18 heavy (non-hydrogen) atoms. The molecular formula is C15H18N2O. The third kappa shape index (κ3) is 3.80. The van der Waals surface area contributed by atoms with Gasteiger partial charge in [0.05, 0.1) is 18.7 Å². The molecule has 94 valence electrons. The molecule has 0 aliphatic heterocycles. The van der Waals surface area contributed by atoms with E-state index in [-0.39, 0.29) is 6.04 Å². The lowest BCUT2D eigenvalue weighted by molar-refractivity contribution is 0.413. The number of nitrogens with zero attached hydrogens (tertiary/aromatic N) is 1. The standard InChI is InChI=1S/C15H18N2O/c1-4-6-14(5-2)17-11-12-7-8-15(18-3)13(9-12)10-16/h2,7-9,14,17H,4,6,11H2,1,3H3. The van der Waals surface area contributed by atoms with Crippen LogP contribution in [-0.4, -0.2) is 13.2 Å². The summed E-state index contributed by atoms with van der Waals surface area (Å²) in [5.74, 6) is 3.32. The van der Waals surface area contributed by atoms with Gasteiger partial charge in [0, 0.05) is 6.54 Å². The molecule has 3 nitrogen and oxygen atoms in total. The average molecular weight is 242 g/mol. The summed E-state index contributed by atoms with van der Waals surface area (Å²) in [5.41, 5.74) is 1.58. The van der Waals surface area contributed by atoms with Gasteiger partial charge in [0.1, 0.15) is 11.8 Å². The number of hydrogen-bond donors (Lipinski definition) is 1. The number of methoxy groups -OCH3 is 1. The second-order valence-electron chi connectivity index (χ2n) is 4.04. The zero-order valence-corrected chi connectivity index (χ0v) is 10.9. The molecule has 1 rings (SSSR count). The summed E-state index contributed by atoms with van der Waals surface area (Å²) < 4.78 is 5.10. The Balaban J connectivity index is 2.69. The van der Waals surface area contributed by atoms with E-state index in [9.17, 15) is 0 Å². The number of benzene rings is 1. The van der Waals surface area contributed by atoms with E-state index >= 15 is 0 Å². The Bertz CT molecular complexity index is 468. The second-order valence-corrected chi connectivity index (χ2v) is 4.04. The van der Waals surface area contributed by atoms with Gasteiger partial charge < -0.3 is 4.74 Å². The van der Waals surface area contributed by atoms with Crippen molar-refractivity contribution in [3.8, 4) is 24.2 Å². The van der Waals surface area contributed by atoms with Gasteiger partial charge >= 0.3 is 0 Å². The Morgan fingerprint density at radius 1 is 1.50 bits per heavy atom. The maximum Gasteiger partial charge on any atom is 0.136 e. The molecule has 0 aliphatic carbocycles. The molecule has 0 aromatic heterocycles. The highest BCUT2D eigenvalue weighted by atomic mass is 16.5. The molecule has 1 atom stereocenters. The fourth-order valence-electron chi connectivity index (χ4n) is 1.73. The predicted octanol–water partition coefficient (Wildman–Crippen LogP) is 2.46. The molecule has 1 aromatic carbocycles. The summed E-state index contributed by atoms with van der Waals surface area (Å²) >= 11 is 0. The van der Waals surface area contributed by atoms with Crippen LogP contribution in [0.2, 0.25) is 0 Å². The molecule has 0 heterocycles. The van der Waals surface area contributed by atoms with E-state index in [1.807, 2.05) is 12.1 Å². The molecule has 0 fully saturated rings. The smallest absolute Gasteiger partial charge is 0.136 e. The van der Waals surface area contributed by atoms with Crippen molar-refractivity contribution in [1.29, 1.82) is 5.26 Å². The van der Waals surface area contributed by atoms with Crippen LogP contribution in [0.25, 0.3) is 0 Å². The monoisotopic (exact) mass is 242 g/mol. The van der Waals surface area contributed by atoms with E-state index < -0.39 is 0 Å². The lowest BCUT2D eigenvalue weighted by Crippen LogP contribution is -2.26. The van der Waals surface area contributed by atoms with Crippen molar-refractivity contribution in [2.24, 2.45) is 0 Å². The van der Waals surface area contributed by atoms with Crippen LogP contribution in [0.1, 0.15) is 30.9 Å². The third-order valence-electron chi connectivity index (χ3n) is 2.72. The molecule has 1 N–H and O–H groups in total. The van der Waals surface area contributed by atoms with Crippen LogP contribution >= 0.6 is 0 Å². The van der Waals surface area contributed by atoms with E-state index in [1.54, 1.807) is 13.2 Å². The number of ether oxygens (including phenoxy) is 1. The average Bonchev–Trinajstić information content (AvgIpc) is 2.42. The van der Waals surface area contributed by atoms with Gasteiger partial charge in [-0.3, -0.25) is 5.32 Å². The highest BCUT2D eigenvalue weighted by Crippen LogP contribution is 2.18. The number of hydrogen-bond acceptors (Lipinski definition) is 3. The predicted molar refractivity (Wildman–Crippen MR) is 72.1 cm³/mol. The summed E-state index contributed by atoms with van der Waals surface area (Å²) in [6.45, 7) is 2.76. The Morgan fingerprint density at radius 3 is 2.83 bits per heavy atom. The first-order valence-electron chi connectivity index (χ1n) is 6.01. The molecule has 0 radical (unpaired) electrons. The van der Waals surface area contributed by atoms with Crippen LogP contribution in [0.4, 0.5) is 0 Å². The summed E-state index contributed by atoms with van der Waals surface area (Å²) in [4.78, 5) is 0. The molecular weight excluding hydrogens is 224 g/mol. The van der Waals surface area contributed by atoms with Gasteiger partial charge in [-0.1, -0.05) is 25.3 Å². The Labute approximate surface area is 109 Å². The maximum atomic E-state index is 9.00. The van der Waals surface area contributed by atoms with Crippen LogP contribution in [0.3, 0.4) is 0 Å². The third-order valence-corrected chi connectivity index (χ3v) is 2.72. The van der Waals surface area contributed by atoms with Gasteiger partial charge in [-0.15, -0.1) is 6.42 Å². The first-order valence-corrected chi connectivity index (χ1v) is 6.01. The van der Waals surface area contributed by atoms with E-state index in [2.05, 4.69) is 24.2 Å². The number of nitriles is 1. The van der Waals surface area contributed by atoms with Crippen molar-refractivity contribution in [3.05, 3.63) is 29.3 Å². The van der Waals surface area contributed by atoms with Gasteiger partial charge in [0.15, 0.2) is 0 Å². The topological polar surface area (TPSA) is 45.0 Å². The van der Waals surface area contributed by atoms with Crippen molar-refractivity contribution < 1.29 is 4.74 Å². The van der Waals surface area contributed by atoms with Gasteiger partial charge in [-0.2, -0.15) is 5.26 Å². The van der Waals surface area contributed by atoms with Crippen LogP contribution in [-0.2, 0) is 6.54 Å². The van der Waals surface area contributed by atoms with Gasteiger partial charge in [0.25, 0.3) is 0 Å². The minimum atomic E-state index is 0.0858. The lowest BCUT2D eigenvalue weighted by Gasteiger charge is -2.12. The van der Waals surface area contributed by atoms with E-state index in [0.717, 1.165) is 18.4 Å². The molecule has 0 saturated carbocycles. The highest BCUT2D eigenvalue weighted by molar-refractivity contribution is 5.45. The fraction of sp³-hybridized carbons (Fsp3) is 0.400. The molecule has 1 unspecified atom stereocenters. The van der Waals surface area contributed by atoms with Crippen molar-refractivity contribution in [2.75, 3.05) is 7.11 Å². The molecule has 0 bridgehead atoms. The fourth-order valence-corrected chi connectivity index (χ4v) is 1.73. The van der Waals surface area contributed by atoms with E-state index in [1.165, 1.54) is 0 Å². The van der Waals surface area contributed by atoms with Crippen LogP contribution in [0.5, 0.6) is 5.75 Å². The second kappa shape index (κ2) is 7.37. The normalized spacial score (nSPS) is 11.3. The Kier molecular flexibility index (Phi) is 5.77. The largest absolute Gasteiger partial charge is 0.495 e. The molecule has 0 amide bonds. The highest BCUT2D eigenvalue weighted by Gasteiger charge is 2.06. The lowest BCUT2D eigenvalue weighted by atomic mass is 10.1. The summed E-state index contributed by atoms with van der Waals surface area (Å²) in [7, 11) is 1.56. The minimum absolute atomic E-state index is 0.0858. The molecule has 3 heteroatoms. The van der Waals surface area contributed by atoms with Crippen molar-refractivity contribution in [1.82, 2.24) is 5.32 Å². The summed E-state index contributed by atoms with van der Waals surface area (Å²) in [6, 6.07) is 7.77. The summed E-state index contributed by atoms with van der Waals surface area (Å²) in [5, 5.41) is 12.3. The van der Waals surface area contributed by atoms with Gasteiger partial charge in [-0.25, -0.2) is 0 Å². The number of terminal acetylenes is 1. The van der Waals surface area contributed by atoms with Crippen molar-refractivity contribution in [3.63, 3.8) is 0 Å². The maximum absolute atomic E-state index is 9.00. The quantitative estimate of drug-likeness (QED) is 0.779. The van der Waals surface area contributed by atoms with Crippen LogP contribution in [0.15, 0.2) is 18.2 Å². The van der Waals surface area contributed by atoms with E-state index in [0.29, 0.717) is 17.9 Å². The molecule has 0 aliphatic rings. The molecule has 1 aromatic rings. The zero-order valence-electron chi connectivity index (χ0n) is 10.9. The Morgan fingerprint density at radius 2 is 2.28 bits per heavy atom. The minimum Gasteiger partial charge on any atom is -0.495 e. The van der Waals surface area contributed by atoms with Gasteiger partial charge in [0.2, 0.25) is 0 Å². The van der Waals surface area contributed by atoms with Crippen LogP contribution < -0.4 is 10.1 Å². The summed E-state index contributed by atoms with van der Waals surface area (Å²) in [6.07, 6.45) is 7.45. The SMILES string of the molecule is C#CC(CCC)NCc1ccc(OC)c(C#N)c1. The van der Waals surface area contributed by atoms with E-state index in [4.69, 9.17) is 16.4 Å². The number of rotatable bonds is 6. The zero-order chi connectivity index (χ0) is 13.4. The first-order chi connectivity index (χ1) is 8.74. The van der Waals surface area contributed by atoms with Crippen LogP contribution in [0, 0.1) is 23.7 Å². The molecule has 0 spiro atoms. The number of nitrogens with one attached hydrogen (secondary N) is 1. The first kappa shape index (κ1) is 14.1. The van der Waals surface area contributed by atoms with Crippen molar-refractivity contribution in [2.45, 2.75) is 32.4 Å².